The van der Waals surface area contributed by atoms with Crippen molar-refractivity contribution in [3.63, 3.8) is 0 Å². The Bertz CT molecular complexity index is 1190. The van der Waals surface area contributed by atoms with E-state index >= 15 is 0 Å². The third-order valence-electron chi connectivity index (χ3n) is 6.22. The lowest BCUT2D eigenvalue weighted by Gasteiger charge is -2.33. The lowest BCUT2D eigenvalue weighted by atomic mass is 10.1. The average molecular weight is 388 g/mol. The number of nitrogens with one attached hydrogen (secondary N) is 1. The number of rotatable bonds is 3. The molecule has 0 aliphatic carbocycles. The molecule has 1 fully saturated rings. The van der Waals surface area contributed by atoms with Crippen LogP contribution in [0.5, 0.6) is 0 Å². The Kier molecular flexibility index (Phi) is 4.47. The summed E-state index contributed by atoms with van der Waals surface area (Å²) in [7, 11) is 0. The monoisotopic (exact) mass is 387 g/mol. The van der Waals surface area contributed by atoms with E-state index in [1.165, 1.54) is 16.8 Å². The third kappa shape index (κ3) is 3.06. The molecule has 0 radical (unpaired) electrons. The van der Waals surface area contributed by atoms with Gasteiger partial charge in [0.05, 0.1) is 26.2 Å². The first-order chi connectivity index (χ1) is 14.2. The summed E-state index contributed by atoms with van der Waals surface area (Å²) in [5.41, 5.74) is 6.84. The zero-order chi connectivity index (χ0) is 20.0. The van der Waals surface area contributed by atoms with Crippen LogP contribution in [-0.2, 0) is 6.42 Å². The number of quaternary nitrogens is 1. The van der Waals surface area contributed by atoms with Gasteiger partial charge in [-0.1, -0.05) is 31.2 Å². The zero-order valence-electron chi connectivity index (χ0n) is 17.3. The number of hydrogen-bond donors (Lipinski definition) is 1. The summed E-state index contributed by atoms with van der Waals surface area (Å²) < 4.78 is 6.21. The average Bonchev–Trinajstić information content (AvgIpc) is 3.14. The molecule has 0 atom stereocenters. The summed E-state index contributed by atoms with van der Waals surface area (Å²) >= 11 is 0. The molecule has 29 heavy (non-hydrogen) atoms. The van der Waals surface area contributed by atoms with Crippen LogP contribution in [0.3, 0.4) is 0 Å². The van der Waals surface area contributed by atoms with Crippen molar-refractivity contribution < 1.29 is 9.32 Å². The van der Waals surface area contributed by atoms with E-state index in [0.717, 1.165) is 66.3 Å². The summed E-state index contributed by atoms with van der Waals surface area (Å²) in [5.74, 6) is 1.83. The maximum Gasteiger partial charge on any atom is 0.196 e. The Labute approximate surface area is 171 Å². The van der Waals surface area contributed by atoms with E-state index in [4.69, 9.17) is 14.4 Å². The highest BCUT2D eigenvalue weighted by Gasteiger charge is 2.27. The summed E-state index contributed by atoms with van der Waals surface area (Å²) in [6.07, 6.45) is 0.816. The molecule has 1 aliphatic rings. The molecule has 1 aliphatic heterocycles. The molecule has 148 valence electrons. The summed E-state index contributed by atoms with van der Waals surface area (Å²) in [5, 5.41) is 1.07. The van der Waals surface area contributed by atoms with Gasteiger partial charge in [-0.05, 0) is 37.6 Å². The van der Waals surface area contributed by atoms with Crippen LogP contribution in [0.1, 0.15) is 23.9 Å². The van der Waals surface area contributed by atoms with E-state index in [1.54, 1.807) is 4.90 Å². The van der Waals surface area contributed by atoms with Crippen LogP contribution in [0, 0.1) is 13.8 Å². The van der Waals surface area contributed by atoms with E-state index in [0.29, 0.717) is 0 Å². The van der Waals surface area contributed by atoms with Gasteiger partial charge in [0.15, 0.2) is 11.4 Å². The van der Waals surface area contributed by atoms with E-state index in [9.17, 15) is 0 Å². The summed E-state index contributed by atoms with van der Waals surface area (Å²) in [4.78, 5) is 13.6. The Hall–Kier alpha value is -2.92. The van der Waals surface area contributed by atoms with Crippen molar-refractivity contribution in [1.82, 2.24) is 9.97 Å². The van der Waals surface area contributed by atoms with Crippen molar-refractivity contribution in [2.75, 3.05) is 31.1 Å². The molecule has 0 amide bonds. The molecule has 1 N–H and O–H groups in total. The zero-order valence-corrected chi connectivity index (χ0v) is 17.3. The molecule has 0 bridgehead atoms. The van der Waals surface area contributed by atoms with Crippen molar-refractivity contribution in [2.24, 2.45) is 0 Å². The highest BCUT2D eigenvalue weighted by molar-refractivity contribution is 6.05. The predicted molar refractivity (Wildman–Crippen MR) is 117 cm³/mol. The van der Waals surface area contributed by atoms with Crippen LogP contribution in [0.25, 0.3) is 22.1 Å². The Morgan fingerprint density at radius 2 is 1.79 bits per heavy atom. The molecule has 5 nitrogen and oxygen atoms in total. The number of hydrogen-bond acceptors (Lipinski definition) is 4. The standard InChI is InChI=1S/C24H26N4O/c1-4-21-25-22-18-9-5-6-11-20(18)29-23(22)24(26-21)28-14-12-27(13-15-28)19-10-7-8-16(2)17(19)3/h5-11H,4,12-15H2,1-3H3/p+1. The van der Waals surface area contributed by atoms with Crippen LogP contribution in [-0.4, -0.2) is 36.1 Å². The van der Waals surface area contributed by atoms with Crippen LogP contribution in [0.4, 0.5) is 11.5 Å². The number of para-hydroxylation sites is 1. The molecule has 0 spiro atoms. The van der Waals surface area contributed by atoms with Crippen LogP contribution >= 0.6 is 0 Å². The van der Waals surface area contributed by atoms with Gasteiger partial charge in [-0.15, -0.1) is 0 Å². The fourth-order valence-corrected chi connectivity index (χ4v) is 4.39. The van der Waals surface area contributed by atoms with Gasteiger partial charge in [0.2, 0.25) is 0 Å². The fraction of sp³-hybridized carbons (Fsp3) is 0.333. The predicted octanol–water partition coefficient (Wildman–Crippen LogP) is 3.59. The molecule has 0 unspecified atom stereocenters. The minimum absolute atomic E-state index is 0.816. The molecule has 5 rings (SSSR count). The Morgan fingerprint density at radius 1 is 1.00 bits per heavy atom. The van der Waals surface area contributed by atoms with Gasteiger partial charge in [0.25, 0.3) is 0 Å². The first-order valence-corrected chi connectivity index (χ1v) is 10.5. The second-order valence-electron chi connectivity index (χ2n) is 7.93. The second kappa shape index (κ2) is 7.16. The van der Waals surface area contributed by atoms with E-state index in [-0.39, 0.29) is 0 Å². The molecule has 0 saturated carbocycles. The van der Waals surface area contributed by atoms with Crippen molar-refractivity contribution in [1.29, 1.82) is 0 Å². The third-order valence-corrected chi connectivity index (χ3v) is 6.22. The Balaban J connectivity index is 1.49. The van der Waals surface area contributed by atoms with Gasteiger partial charge in [-0.2, -0.15) is 0 Å². The smallest absolute Gasteiger partial charge is 0.196 e. The number of fused-ring (bicyclic) bond motifs is 3. The quantitative estimate of drug-likeness (QED) is 0.584. The minimum atomic E-state index is 0.816. The number of furan rings is 1. The minimum Gasteiger partial charge on any atom is -0.450 e. The molecular weight excluding hydrogens is 360 g/mol. The van der Waals surface area contributed by atoms with E-state index < -0.39 is 0 Å². The first kappa shape index (κ1) is 18.1. The van der Waals surface area contributed by atoms with E-state index in [1.807, 2.05) is 18.2 Å². The van der Waals surface area contributed by atoms with E-state index in [2.05, 4.69) is 49.9 Å². The normalized spacial score (nSPS) is 15.5. The van der Waals surface area contributed by atoms with Crippen LogP contribution in [0.15, 0.2) is 46.9 Å². The summed E-state index contributed by atoms with van der Waals surface area (Å²) in [6, 6.07) is 14.8. The summed E-state index contributed by atoms with van der Waals surface area (Å²) in [6.45, 7) is 10.6. The maximum atomic E-state index is 6.21. The highest BCUT2D eigenvalue weighted by atomic mass is 16.3. The topological polar surface area (TPSA) is 46.6 Å². The fourth-order valence-electron chi connectivity index (χ4n) is 4.39. The van der Waals surface area contributed by atoms with Gasteiger partial charge < -0.3 is 9.32 Å². The van der Waals surface area contributed by atoms with Gasteiger partial charge in [-0.25, -0.2) is 9.97 Å². The number of nitrogens with zero attached hydrogens (tertiary/aromatic N) is 3. The highest BCUT2D eigenvalue weighted by Crippen LogP contribution is 2.33. The van der Waals surface area contributed by atoms with Gasteiger partial charge >= 0.3 is 0 Å². The Morgan fingerprint density at radius 3 is 2.59 bits per heavy atom. The maximum absolute atomic E-state index is 6.21. The van der Waals surface area contributed by atoms with Crippen molar-refractivity contribution >= 4 is 33.6 Å². The second-order valence-corrected chi connectivity index (χ2v) is 7.93. The molecule has 2 aromatic carbocycles. The van der Waals surface area contributed by atoms with Crippen LogP contribution in [0.2, 0.25) is 0 Å². The van der Waals surface area contributed by atoms with Gasteiger partial charge in [0.1, 0.15) is 22.6 Å². The van der Waals surface area contributed by atoms with Crippen molar-refractivity contribution in [2.45, 2.75) is 27.2 Å². The largest absolute Gasteiger partial charge is 0.450 e. The van der Waals surface area contributed by atoms with Crippen molar-refractivity contribution in [3.8, 4) is 0 Å². The number of aromatic nitrogens is 2. The SMILES string of the molecule is CCc1nc(N2CC[NH+](c3cccc(C)c3C)CC2)c2oc3ccccc3c2n1. The number of piperazine rings is 1. The molecule has 5 heteroatoms. The molecular formula is C24H27N4O+. The molecule has 2 aromatic heterocycles. The van der Waals surface area contributed by atoms with Crippen LogP contribution < -0.4 is 9.80 Å². The molecule has 4 aromatic rings. The number of aryl methyl sites for hydroxylation is 2. The number of anilines is 1. The molecule has 1 saturated heterocycles. The molecule has 3 heterocycles. The lowest BCUT2D eigenvalue weighted by molar-refractivity contribution is -0.833. The van der Waals surface area contributed by atoms with Crippen molar-refractivity contribution in [3.05, 3.63) is 59.4 Å². The number of benzene rings is 2. The van der Waals surface area contributed by atoms with Gasteiger partial charge in [0, 0.05) is 17.4 Å². The van der Waals surface area contributed by atoms with Gasteiger partial charge in [-0.3, -0.25) is 4.90 Å². The lowest BCUT2D eigenvalue weighted by Crippen LogP contribution is -3.10. The first-order valence-electron chi connectivity index (χ1n) is 10.5.